The van der Waals surface area contributed by atoms with Crippen molar-refractivity contribution in [1.29, 1.82) is 0 Å². The Labute approximate surface area is 107 Å². The molecule has 1 aromatic rings. The van der Waals surface area contributed by atoms with Crippen LogP contribution in [-0.4, -0.2) is 22.9 Å². The van der Waals surface area contributed by atoms with Gasteiger partial charge in [-0.1, -0.05) is 13.8 Å². The Morgan fingerprint density at radius 2 is 2.00 bits per heavy atom. The van der Waals surface area contributed by atoms with Gasteiger partial charge in [-0.3, -0.25) is 4.68 Å². The highest BCUT2D eigenvalue weighted by Gasteiger charge is 2.18. The van der Waals surface area contributed by atoms with E-state index in [-0.39, 0.29) is 0 Å². The Kier molecular flexibility index (Phi) is 4.99. The van der Waals surface area contributed by atoms with Crippen LogP contribution in [-0.2, 0) is 0 Å². The van der Waals surface area contributed by atoms with Gasteiger partial charge in [0.05, 0.1) is 21.9 Å². The van der Waals surface area contributed by atoms with Gasteiger partial charge in [-0.2, -0.15) is 5.10 Å². The molecular weight excluding hydrogens is 266 g/mol. The minimum absolute atomic E-state index is 0.420. The van der Waals surface area contributed by atoms with E-state index in [1.807, 2.05) is 6.92 Å². The van der Waals surface area contributed by atoms with Crippen LogP contribution in [0, 0.1) is 19.8 Å². The van der Waals surface area contributed by atoms with Gasteiger partial charge in [0.15, 0.2) is 0 Å². The van der Waals surface area contributed by atoms with Crippen molar-refractivity contribution >= 4 is 15.9 Å². The minimum atomic E-state index is 0.420. The van der Waals surface area contributed by atoms with Crippen molar-refractivity contribution in [2.45, 2.75) is 40.7 Å². The summed E-state index contributed by atoms with van der Waals surface area (Å²) in [5, 5.41) is 7.97. The Morgan fingerprint density at radius 1 is 1.38 bits per heavy atom. The molecule has 2 atom stereocenters. The third kappa shape index (κ3) is 2.86. The summed E-state index contributed by atoms with van der Waals surface area (Å²) in [4.78, 5) is 0. The standard InChI is InChI=1S/C12H22BrN3/c1-6-14-7-8(2)10(4)16-11(5)12(13)9(3)15-16/h8,10,14H,6-7H2,1-5H3. The van der Waals surface area contributed by atoms with Crippen LogP contribution in [0.2, 0.25) is 0 Å². The predicted molar refractivity (Wildman–Crippen MR) is 71.8 cm³/mol. The van der Waals surface area contributed by atoms with Crippen molar-refractivity contribution < 1.29 is 0 Å². The smallest absolute Gasteiger partial charge is 0.0738 e. The highest BCUT2D eigenvalue weighted by Crippen LogP contribution is 2.25. The summed E-state index contributed by atoms with van der Waals surface area (Å²) in [5.41, 5.74) is 2.29. The molecular formula is C12H22BrN3. The minimum Gasteiger partial charge on any atom is -0.317 e. The predicted octanol–water partition coefficient (Wildman–Crippen LogP) is 3.07. The van der Waals surface area contributed by atoms with E-state index in [9.17, 15) is 0 Å². The zero-order valence-electron chi connectivity index (χ0n) is 10.8. The third-order valence-electron chi connectivity index (χ3n) is 3.16. The maximum Gasteiger partial charge on any atom is 0.0738 e. The Morgan fingerprint density at radius 3 is 2.44 bits per heavy atom. The number of aromatic nitrogens is 2. The lowest BCUT2D eigenvalue weighted by Gasteiger charge is -2.22. The highest BCUT2D eigenvalue weighted by molar-refractivity contribution is 9.10. The van der Waals surface area contributed by atoms with Crippen LogP contribution in [0.3, 0.4) is 0 Å². The molecule has 1 N–H and O–H groups in total. The molecule has 2 unspecified atom stereocenters. The lowest BCUT2D eigenvalue weighted by Crippen LogP contribution is -2.27. The van der Waals surface area contributed by atoms with Gasteiger partial charge in [0, 0.05) is 0 Å². The SMILES string of the molecule is CCNCC(C)C(C)n1nc(C)c(Br)c1C. The van der Waals surface area contributed by atoms with Crippen LogP contribution in [0.25, 0.3) is 0 Å². The van der Waals surface area contributed by atoms with Crippen molar-refractivity contribution in [2.24, 2.45) is 5.92 Å². The van der Waals surface area contributed by atoms with Crippen molar-refractivity contribution in [1.82, 2.24) is 15.1 Å². The van der Waals surface area contributed by atoms with Crippen LogP contribution in [0.15, 0.2) is 4.47 Å². The monoisotopic (exact) mass is 287 g/mol. The topological polar surface area (TPSA) is 29.9 Å². The van der Waals surface area contributed by atoms with Crippen LogP contribution in [0.5, 0.6) is 0 Å². The first-order valence-electron chi connectivity index (χ1n) is 5.90. The molecule has 1 heterocycles. The molecule has 0 spiro atoms. The van der Waals surface area contributed by atoms with E-state index in [2.05, 4.69) is 58.7 Å². The van der Waals surface area contributed by atoms with Gasteiger partial charge in [0.25, 0.3) is 0 Å². The maximum absolute atomic E-state index is 4.58. The summed E-state index contributed by atoms with van der Waals surface area (Å²) in [6.45, 7) is 12.8. The maximum atomic E-state index is 4.58. The van der Waals surface area contributed by atoms with Gasteiger partial charge in [-0.05, 0) is 55.7 Å². The largest absolute Gasteiger partial charge is 0.317 e. The van der Waals surface area contributed by atoms with Crippen molar-refractivity contribution in [3.05, 3.63) is 15.9 Å². The first kappa shape index (κ1) is 13.7. The van der Waals surface area contributed by atoms with Gasteiger partial charge in [-0.15, -0.1) is 0 Å². The van der Waals surface area contributed by atoms with Crippen LogP contribution >= 0.6 is 15.9 Å². The molecule has 0 amide bonds. The summed E-state index contributed by atoms with van der Waals surface area (Å²) in [5.74, 6) is 0.574. The zero-order chi connectivity index (χ0) is 12.3. The van der Waals surface area contributed by atoms with E-state index in [4.69, 9.17) is 0 Å². The van der Waals surface area contributed by atoms with Gasteiger partial charge in [0.1, 0.15) is 0 Å². The molecule has 0 aromatic carbocycles. The van der Waals surface area contributed by atoms with Crippen LogP contribution in [0.1, 0.15) is 38.2 Å². The molecule has 1 rings (SSSR count). The molecule has 0 saturated heterocycles. The average Bonchev–Trinajstić information content (AvgIpc) is 2.52. The molecule has 1 aromatic heterocycles. The summed E-state index contributed by atoms with van der Waals surface area (Å²) in [6, 6.07) is 0.420. The molecule has 0 radical (unpaired) electrons. The highest BCUT2D eigenvalue weighted by atomic mass is 79.9. The molecule has 92 valence electrons. The van der Waals surface area contributed by atoms with E-state index in [1.54, 1.807) is 0 Å². The molecule has 3 nitrogen and oxygen atoms in total. The summed E-state index contributed by atoms with van der Waals surface area (Å²) in [7, 11) is 0. The molecule has 0 aliphatic heterocycles. The Balaban J connectivity index is 2.79. The molecule has 16 heavy (non-hydrogen) atoms. The lowest BCUT2D eigenvalue weighted by molar-refractivity contribution is 0.333. The van der Waals surface area contributed by atoms with Gasteiger partial charge < -0.3 is 5.32 Å². The number of hydrogen-bond acceptors (Lipinski definition) is 2. The number of nitrogens with zero attached hydrogens (tertiary/aromatic N) is 2. The Hall–Kier alpha value is -0.350. The van der Waals surface area contributed by atoms with E-state index >= 15 is 0 Å². The zero-order valence-corrected chi connectivity index (χ0v) is 12.4. The van der Waals surface area contributed by atoms with Crippen molar-refractivity contribution in [3.63, 3.8) is 0 Å². The fourth-order valence-electron chi connectivity index (χ4n) is 1.82. The number of nitrogens with one attached hydrogen (secondary N) is 1. The van der Waals surface area contributed by atoms with Crippen molar-refractivity contribution in [2.75, 3.05) is 13.1 Å². The second kappa shape index (κ2) is 5.82. The van der Waals surface area contributed by atoms with Crippen LogP contribution in [0.4, 0.5) is 0 Å². The molecule has 0 saturated carbocycles. The van der Waals surface area contributed by atoms with Crippen LogP contribution < -0.4 is 5.32 Å². The Bertz CT molecular complexity index is 346. The number of rotatable bonds is 5. The second-order valence-electron chi connectivity index (χ2n) is 4.45. The summed E-state index contributed by atoms with van der Waals surface area (Å²) < 4.78 is 3.26. The van der Waals surface area contributed by atoms with E-state index < -0.39 is 0 Å². The van der Waals surface area contributed by atoms with E-state index in [0.717, 1.165) is 23.3 Å². The molecule has 0 bridgehead atoms. The molecule has 4 heteroatoms. The number of hydrogen-bond donors (Lipinski definition) is 1. The average molecular weight is 288 g/mol. The fourth-order valence-corrected chi connectivity index (χ4v) is 2.08. The quantitative estimate of drug-likeness (QED) is 0.902. The molecule has 0 fully saturated rings. The first-order valence-corrected chi connectivity index (χ1v) is 6.70. The van der Waals surface area contributed by atoms with Gasteiger partial charge in [-0.25, -0.2) is 0 Å². The van der Waals surface area contributed by atoms with Gasteiger partial charge >= 0.3 is 0 Å². The number of halogens is 1. The first-order chi connectivity index (χ1) is 7.49. The number of aryl methyl sites for hydroxylation is 1. The third-order valence-corrected chi connectivity index (χ3v) is 4.31. The van der Waals surface area contributed by atoms with E-state index in [1.165, 1.54) is 5.69 Å². The fraction of sp³-hybridized carbons (Fsp3) is 0.750. The van der Waals surface area contributed by atoms with Gasteiger partial charge in [0.2, 0.25) is 0 Å². The molecule has 0 aliphatic rings. The van der Waals surface area contributed by atoms with Crippen molar-refractivity contribution in [3.8, 4) is 0 Å². The second-order valence-corrected chi connectivity index (χ2v) is 5.25. The lowest BCUT2D eigenvalue weighted by atomic mass is 10.0. The normalized spacial score (nSPS) is 15.1. The summed E-state index contributed by atoms with van der Waals surface area (Å²) in [6.07, 6.45) is 0. The summed E-state index contributed by atoms with van der Waals surface area (Å²) >= 11 is 3.57. The van der Waals surface area contributed by atoms with E-state index in [0.29, 0.717) is 12.0 Å². The molecule has 0 aliphatic carbocycles.